The summed E-state index contributed by atoms with van der Waals surface area (Å²) in [6.07, 6.45) is 0. The van der Waals surface area contributed by atoms with Crippen LogP contribution >= 0.6 is 0 Å². The number of carbonyl (C=O) groups excluding carboxylic acids is 1. The van der Waals surface area contributed by atoms with E-state index in [4.69, 9.17) is 0 Å². The van der Waals surface area contributed by atoms with Gasteiger partial charge in [-0.25, -0.2) is 0 Å². The maximum absolute atomic E-state index is 12.3. The average molecular weight is 149 g/mol. The van der Waals surface area contributed by atoms with Crippen LogP contribution < -0.4 is 0 Å². The van der Waals surface area contributed by atoms with Crippen molar-refractivity contribution < 1.29 is 13.4 Å². The maximum atomic E-state index is 12.3. The second-order valence-corrected chi connectivity index (χ2v) is 3.64. The molecule has 0 aliphatic carbocycles. The number of hydrogen-bond donors (Lipinski definition) is 0. The van der Waals surface area contributed by atoms with Crippen molar-refractivity contribution >= 4 is 12.4 Å². The molecule has 0 saturated heterocycles. The molecule has 0 amide bonds. The predicted molar refractivity (Wildman–Crippen MR) is 38.3 cm³/mol. The average Bonchev–Trinajstić information content (AvgIpc) is 1.59. The molecule has 0 atom stereocenters. The topological polar surface area (TPSA) is 17.1 Å². The highest BCUT2D eigenvalue weighted by Gasteiger charge is 2.34. The highest BCUT2D eigenvalue weighted by atomic mass is 19.2. The number of rotatable bonds is 1. The van der Waals surface area contributed by atoms with Crippen LogP contribution in [0, 0.1) is 5.41 Å². The quantitative estimate of drug-likeness (QED) is 0.522. The summed E-state index contributed by atoms with van der Waals surface area (Å²) in [6.45, 7) is 1.37. The molecule has 0 aliphatic heterocycles. The van der Waals surface area contributed by atoms with Crippen LogP contribution in [0.1, 0.15) is 20.8 Å². The second-order valence-electron chi connectivity index (χ2n) is 3.64. The van der Waals surface area contributed by atoms with Crippen LogP contribution in [-0.4, -0.2) is 12.4 Å². The van der Waals surface area contributed by atoms with Gasteiger partial charge in [0.2, 0.25) is 0 Å². The van der Waals surface area contributed by atoms with Gasteiger partial charge in [-0.1, -0.05) is 20.8 Å². The largest absolute Gasteiger partial charge is 0.471 e. The van der Waals surface area contributed by atoms with E-state index in [0.717, 1.165) is 0 Å². The molecule has 0 aromatic heterocycles. The molecule has 0 aromatic carbocycles. The van der Waals surface area contributed by atoms with Crippen LogP contribution in [-0.2, 0) is 4.79 Å². The van der Waals surface area contributed by atoms with Gasteiger partial charge in [-0.05, 0) is 5.41 Å². The van der Waals surface area contributed by atoms with Gasteiger partial charge in [0, 0.05) is 5.68 Å². The van der Waals surface area contributed by atoms with Crippen LogP contribution in [0.4, 0.5) is 8.63 Å². The smallest absolute Gasteiger partial charge is 0.365 e. The zero-order chi connectivity index (χ0) is 8.58. The summed E-state index contributed by atoms with van der Waals surface area (Å²) in [5.74, 6) is 0. The van der Waals surface area contributed by atoms with E-state index in [9.17, 15) is 13.4 Å². The Bertz CT molecular complexity index is 127. The third-order valence-corrected chi connectivity index (χ3v) is 1.20. The second kappa shape index (κ2) is 2.33. The Kier molecular flexibility index (Phi) is 2.23. The Morgan fingerprint density at radius 2 is 1.60 bits per heavy atom. The zero-order valence-electron chi connectivity index (χ0n) is 6.74. The standard InChI is InChI=1S/C6H12BF2O/c1-6(2,3)5(10)7(4,8)9/h1-4H3/q-1. The lowest BCUT2D eigenvalue weighted by atomic mass is 9.56. The fraction of sp³-hybridized carbons (Fsp3) is 0.833. The molecule has 0 saturated carbocycles. The molecule has 0 aromatic rings. The lowest BCUT2D eigenvalue weighted by molar-refractivity contribution is -0.120. The van der Waals surface area contributed by atoms with E-state index in [2.05, 4.69) is 0 Å². The fourth-order valence-corrected chi connectivity index (χ4v) is 0.760. The summed E-state index contributed by atoms with van der Waals surface area (Å²) in [7, 11) is 0. The van der Waals surface area contributed by atoms with Gasteiger partial charge >= 0.3 is 6.70 Å². The molecule has 0 rings (SSSR count). The monoisotopic (exact) mass is 149 g/mol. The minimum Gasteiger partial charge on any atom is -0.471 e. The van der Waals surface area contributed by atoms with Crippen LogP contribution in [0.5, 0.6) is 0 Å². The van der Waals surface area contributed by atoms with Gasteiger partial charge in [0.15, 0.2) is 0 Å². The minimum atomic E-state index is -3.80. The molecule has 60 valence electrons. The van der Waals surface area contributed by atoms with Gasteiger partial charge in [-0.15, -0.1) is 6.82 Å². The highest BCUT2D eigenvalue weighted by molar-refractivity contribution is 6.95. The molecule has 0 bridgehead atoms. The van der Waals surface area contributed by atoms with Gasteiger partial charge in [0.1, 0.15) is 0 Å². The van der Waals surface area contributed by atoms with Gasteiger partial charge in [-0.3, -0.25) is 0 Å². The molecule has 0 radical (unpaired) electrons. The van der Waals surface area contributed by atoms with Crippen molar-refractivity contribution in [2.24, 2.45) is 5.41 Å². The zero-order valence-corrected chi connectivity index (χ0v) is 6.74. The Morgan fingerprint density at radius 1 is 1.30 bits per heavy atom. The maximum Gasteiger partial charge on any atom is 0.365 e. The predicted octanol–water partition coefficient (Wildman–Crippen LogP) is 2.15. The van der Waals surface area contributed by atoms with Crippen molar-refractivity contribution in [2.75, 3.05) is 0 Å². The summed E-state index contributed by atoms with van der Waals surface area (Å²) in [6, 6.07) is 0. The molecule has 0 N–H and O–H groups in total. The number of carbonyl (C=O) groups is 1. The van der Waals surface area contributed by atoms with E-state index >= 15 is 0 Å². The summed E-state index contributed by atoms with van der Waals surface area (Å²) in [4.78, 5) is 10.8. The molecule has 0 heterocycles. The summed E-state index contributed by atoms with van der Waals surface area (Å²) in [5, 5.41) is 0. The van der Waals surface area contributed by atoms with E-state index in [-0.39, 0.29) is 0 Å². The lowest BCUT2D eigenvalue weighted by Gasteiger charge is -2.27. The van der Waals surface area contributed by atoms with E-state index in [0.29, 0.717) is 6.82 Å². The molecule has 10 heavy (non-hydrogen) atoms. The molecule has 0 spiro atoms. The summed E-state index contributed by atoms with van der Waals surface area (Å²) < 4.78 is 24.6. The van der Waals surface area contributed by atoms with E-state index in [1.54, 1.807) is 0 Å². The van der Waals surface area contributed by atoms with Crippen LogP contribution in [0.25, 0.3) is 0 Å². The fourth-order valence-electron chi connectivity index (χ4n) is 0.760. The first-order valence-corrected chi connectivity index (χ1v) is 3.26. The molecule has 1 nitrogen and oxygen atoms in total. The molecular weight excluding hydrogens is 137 g/mol. The molecule has 4 heteroatoms. The molecular formula is C6H12BF2O-. The van der Waals surface area contributed by atoms with Crippen molar-refractivity contribution in [3.8, 4) is 0 Å². The van der Waals surface area contributed by atoms with Gasteiger partial charge in [0.05, 0.1) is 0 Å². The van der Waals surface area contributed by atoms with Crippen molar-refractivity contribution in [3.05, 3.63) is 0 Å². The van der Waals surface area contributed by atoms with Crippen LogP contribution in [0.15, 0.2) is 0 Å². The van der Waals surface area contributed by atoms with Crippen molar-refractivity contribution in [2.45, 2.75) is 27.6 Å². The number of halogens is 2. The first-order valence-electron chi connectivity index (χ1n) is 3.26. The minimum absolute atomic E-state index is 0.688. The molecule has 0 unspecified atom stereocenters. The van der Waals surface area contributed by atoms with E-state index < -0.39 is 17.8 Å². The molecule has 0 aliphatic rings. The van der Waals surface area contributed by atoms with Crippen LogP contribution in [0.2, 0.25) is 6.82 Å². The lowest BCUT2D eigenvalue weighted by Crippen LogP contribution is -2.40. The molecule has 0 fully saturated rings. The Labute approximate surface area is 59.8 Å². The third-order valence-electron chi connectivity index (χ3n) is 1.20. The first kappa shape index (κ1) is 9.59. The van der Waals surface area contributed by atoms with Gasteiger partial charge in [-0.2, -0.15) is 0 Å². The van der Waals surface area contributed by atoms with E-state index in [1.807, 2.05) is 0 Å². The van der Waals surface area contributed by atoms with Gasteiger partial charge < -0.3 is 13.4 Å². The van der Waals surface area contributed by atoms with Crippen molar-refractivity contribution in [3.63, 3.8) is 0 Å². The first-order chi connectivity index (χ1) is 4.15. The third kappa shape index (κ3) is 2.46. The van der Waals surface area contributed by atoms with Crippen LogP contribution in [0.3, 0.4) is 0 Å². The number of hydrogen-bond acceptors (Lipinski definition) is 1. The SMILES string of the molecule is C[B-](F)(F)C(=O)C(C)(C)C. The van der Waals surface area contributed by atoms with Gasteiger partial charge in [0.25, 0.3) is 0 Å². The summed E-state index contributed by atoms with van der Waals surface area (Å²) in [5.41, 5.74) is -1.87. The van der Waals surface area contributed by atoms with Crippen molar-refractivity contribution in [1.29, 1.82) is 0 Å². The van der Waals surface area contributed by atoms with E-state index in [1.165, 1.54) is 20.8 Å². The Balaban J connectivity index is 4.40. The normalized spacial score (nSPS) is 13.4. The highest BCUT2D eigenvalue weighted by Crippen LogP contribution is 2.23. The summed E-state index contributed by atoms with van der Waals surface area (Å²) >= 11 is 0. The Hall–Kier alpha value is -0.405. The van der Waals surface area contributed by atoms with Crippen molar-refractivity contribution in [1.82, 2.24) is 0 Å². The Morgan fingerprint density at radius 3 is 1.60 bits per heavy atom.